The van der Waals surface area contributed by atoms with Crippen molar-refractivity contribution in [2.24, 2.45) is 0 Å². The summed E-state index contributed by atoms with van der Waals surface area (Å²) in [7, 11) is 0. The Morgan fingerprint density at radius 3 is 2.20 bits per heavy atom. The van der Waals surface area contributed by atoms with Crippen LogP contribution in [0, 0.1) is 35.1 Å². The summed E-state index contributed by atoms with van der Waals surface area (Å²) in [6, 6.07) is 4.65. The van der Waals surface area contributed by atoms with Crippen LogP contribution in [-0.4, -0.2) is 5.92 Å². The Kier molecular flexibility index (Phi) is 6.60. The van der Waals surface area contributed by atoms with Gasteiger partial charge in [-0.1, -0.05) is 37.0 Å². The smallest absolute Gasteiger partial charge is 0.207 e. The maximum Gasteiger partial charge on any atom is 0.248 e. The molecule has 0 atom stereocenters. The molecule has 0 aromatic heterocycles. The van der Waals surface area contributed by atoms with E-state index in [9.17, 15) is 26.3 Å². The molecule has 0 N–H and O–H groups in total. The van der Waals surface area contributed by atoms with Gasteiger partial charge < -0.3 is 0 Å². The predicted molar refractivity (Wildman–Crippen MR) is 104 cm³/mol. The molecule has 0 saturated heterocycles. The van der Waals surface area contributed by atoms with E-state index in [4.69, 9.17) is 0 Å². The Balaban J connectivity index is 1.85. The molecule has 0 aliphatic heterocycles. The Morgan fingerprint density at radius 2 is 1.60 bits per heavy atom. The molecule has 158 valence electrons. The Bertz CT molecular complexity index is 993. The second-order valence-electron chi connectivity index (χ2n) is 7.37. The molecule has 0 nitrogen and oxygen atoms in total. The van der Waals surface area contributed by atoms with Gasteiger partial charge in [-0.2, -0.15) is 0 Å². The Labute approximate surface area is 171 Å². The molecule has 1 fully saturated rings. The number of halogens is 6. The molecule has 1 aliphatic carbocycles. The van der Waals surface area contributed by atoms with Crippen LogP contribution in [0.25, 0.3) is 6.08 Å². The average Bonchev–Trinajstić information content (AvgIpc) is 2.69. The summed E-state index contributed by atoms with van der Waals surface area (Å²) < 4.78 is 83.7. The quantitative estimate of drug-likeness (QED) is 0.358. The first-order valence-electron chi connectivity index (χ1n) is 9.75. The van der Waals surface area contributed by atoms with Gasteiger partial charge in [-0.15, -0.1) is 0 Å². The molecule has 1 aliphatic rings. The second-order valence-corrected chi connectivity index (χ2v) is 7.37. The normalized spacial score (nSPS) is 16.5. The first-order chi connectivity index (χ1) is 14.2. The number of allylic oxidation sites excluding steroid dienone is 1. The number of alkyl halides is 2. The third-order valence-electron chi connectivity index (χ3n) is 5.21. The van der Waals surface area contributed by atoms with Gasteiger partial charge in [0.1, 0.15) is 11.6 Å². The van der Waals surface area contributed by atoms with Crippen LogP contribution in [0.5, 0.6) is 0 Å². The van der Waals surface area contributed by atoms with E-state index in [2.05, 4.69) is 11.8 Å². The first kappa shape index (κ1) is 22.0. The van der Waals surface area contributed by atoms with E-state index in [1.54, 1.807) is 6.08 Å². The number of benzene rings is 2. The van der Waals surface area contributed by atoms with Crippen molar-refractivity contribution in [2.45, 2.75) is 50.9 Å². The highest BCUT2D eigenvalue weighted by molar-refractivity contribution is 5.54. The van der Waals surface area contributed by atoms with Crippen molar-refractivity contribution in [3.8, 4) is 11.8 Å². The zero-order valence-electron chi connectivity index (χ0n) is 16.3. The molecule has 0 bridgehead atoms. The minimum atomic E-state index is -2.76. The summed E-state index contributed by atoms with van der Waals surface area (Å²) in [5.41, 5.74) is -0.426. The lowest BCUT2D eigenvalue weighted by atomic mass is 9.82. The molecule has 0 spiro atoms. The van der Waals surface area contributed by atoms with Crippen molar-refractivity contribution >= 4 is 6.08 Å². The monoisotopic (exact) mass is 422 g/mol. The number of rotatable bonds is 3. The van der Waals surface area contributed by atoms with Gasteiger partial charge in [0.25, 0.3) is 0 Å². The van der Waals surface area contributed by atoms with Gasteiger partial charge in [0.15, 0.2) is 11.6 Å². The third-order valence-corrected chi connectivity index (χ3v) is 5.21. The van der Waals surface area contributed by atoms with Crippen LogP contribution in [0.1, 0.15) is 67.2 Å². The van der Waals surface area contributed by atoms with Crippen LogP contribution in [0.4, 0.5) is 26.3 Å². The van der Waals surface area contributed by atoms with Crippen molar-refractivity contribution < 1.29 is 26.3 Å². The number of hydrogen-bond donors (Lipinski definition) is 0. The van der Waals surface area contributed by atoms with Crippen molar-refractivity contribution in [1.29, 1.82) is 0 Å². The van der Waals surface area contributed by atoms with Gasteiger partial charge in [0.2, 0.25) is 5.92 Å². The first-order valence-corrected chi connectivity index (χ1v) is 9.75. The Morgan fingerprint density at radius 1 is 0.967 bits per heavy atom. The maximum atomic E-state index is 14.5. The fraction of sp³-hybridized carbons (Fsp3) is 0.333. The van der Waals surface area contributed by atoms with E-state index in [1.165, 1.54) is 18.2 Å². The molecule has 0 unspecified atom stereocenters. The van der Waals surface area contributed by atoms with Crippen LogP contribution < -0.4 is 0 Å². The van der Waals surface area contributed by atoms with E-state index in [1.807, 2.05) is 6.92 Å². The topological polar surface area (TPSA) is 0 Å². The SMILES string of the molecule is CC/C=C/c1c(F)cc(C#Cc2ccc(C3CCC(F)(F)CC3)c(F)c2F)cc1F. The molecular weight excluding hydrogens is 402 g/mol. The minimum absolute atomic E-state index is 0.0166. The van der Waals surface area contributed by atoms with E-state index in [0.29, 0.717) is 6.42 Å². The lowest BCUT2D eigenvalue weighted by molar-refractivity contribution is -0.0384. The lowest BCUT2D eigenvalue weighted by Gasteiger charge is -2.28. The van der Waals surface area contributed by atoms with Gasteiger partial charge in [-0.25, -0.2) is 26.3 Å². The summed E-state index contributed by atoms with van der Waals surface area (Å²) in [4.78, 5) is 0. The van der Waals surface area contributed by atoms with Crippen LogP contribution in [0.2, 0.25) is 0 Å². The highest BCUT2D eigenvalue weighted by atomic mass is 19.3. The van der Waals surface area contributed by atoms with Crippen LogP contribution in [0.15, 0.2) is 30.3 Å². The fourth-order valence-corrected chi connectivity index (χ4v) is 3.52. The van der Waals surface area contributed by atoms with Crippen LogP contribution in [0.3, 0.4) is 0 Å². The van der Waals surface area contributed by atoms with Crippen molar-refractivity contribution in [3.63, 3.8) is 0 Å². The average molecular weight is 422 g/mol. The molecule has 3 rings (SSSR count). The molecule has 0 amide bonds. The standard InChI is InChI=1S/C24H20F6/c1-2-3-4-19-20(25)13-15(14-21(19)26)5-6-17-7-8-18(23(28)22(17)27)16-9-11-24(29,30)12-10-16/h3-4,7-8,13-14,16H,2,9-12H2,1H3/b4-3+. The fourth-order valence-electron chi connectivity index (χ4n) is 3.52. The maximum absolute atomic E-state index is 14.5. The summed E-state index contributed by atoms with van der Waals surface area (Å²) in [5, 5.41) is 0. The number of hydrogen-bond acceptors (Lipinski definition) is 0. The molecule has 0 radical (unpaired) electrons. The van der Waals surface area contributed by atoms with Gasteiger partial charge in [-0.3, -0.25) is 0 Å². The van der Waals surface area contributed by atoms with Gasteiger partial charge in [-0.05, 0) is 48.9 Å². The van der Waals surface area contributed by atoms with E-state index in [0.717, 1.165) is 12.1 Å². The largest absolute Gasteiger partial charge is 0.248 e. The zero-order valence-corrected chi connectivity index (χ0v) is 16.3. The highest BCUT2D eigenvalue weighted by Crippen LogP contribution is 2.41. The molecule has 30 heavy (non-hydrogen) atoms. The van der Waals surface area contributed by atoms with Crippen LogP contribution in [-0.2, 0) is 0 Å². The summed E-state index contributed by atoms with van der Waals surface area (Å²) >= 11 is 0. The van der Waals surface area contributed by atoms with Gasteiger partial charge in [0.05, 0.1) is 5.56 Å². The molecule has 0 heterocycles. The minimum Gasteiger partial charge on any atom is -0.207 e. The zero-order chi connectivity index (χ0) is 21.9. The predicted octanol–water partition coefficient (Wildman–Crippen LogP) is 7.36. The molecular formula is C24H20F6. The summed E-state index contributed by atoms with van der Waals surface area (Å²) in [5.74, 6) is -2.32. The highest BCUT2D eigenvalue weighted by Gasteiger charge is 2.36. The summed E-state index contributed by atoms with van der Waals surface area (Å²) in [6.07, 6.45) is 2.99. The van der Waals surface area contributed by atoms with E-state index in [-0.39, 0.29) is 47.9 Å². The van der Waals surface area contributed by atoms with E-state index >= 15 is 0 Å². The Hall–Kier alpha value is -2.68. The molecule has 6 heteroatoms. The molecule has 1 saturated carbocycles. The van der Waals surface area contributed by atoms with Crippen molar-refractivity contribution in [3.05, 3.63) is 75.9 Å². The van der Waals surface area contributed by atoms with Crippen LogP contribution >= 0.6 is 0 Å². The van der Waals surface area contributed by atoms with Gasteiger partial charge in [0, 0.05) is 24.0 Å². The van der Waals surface area contributed by atoms with Crippen molar-refractivity contribution in [1.82, 2.24) is 0 Å². The second kappa shape index (κ2) is 8.99. The van der Waals surface area contributed by atoms with E-state index < -0.39 is 35.1 Å². The third kappa shape index (κ3) is 4.89. The van der Waals surface area contributed by atoms with Crippen molar-refractivity contribution in [2.75, 3.05) is 0 Å². The summed E-state index contributed by atoms with van der Waals surface area (Å²) in [6.45, 7) is 1.83. The molecule has 2 aromatic carbocycles. The molecule has 2 aromatic rings. The van der Waals surface area contributed by atoms with Gasteiger partial charge >= 0.3 is 0 Å². The lowest BCUT2D eigenvalue weighted by Crippen LogP contribution is -2.24.